The van der Waals surface area contributed by atoms with Gasteiger partial charge in [0.1, 0.15) is 5.75 Å². The van der Waals surface area contributed by atoms with Gasteiger partial charge in [-0.3, -0.25) is 0 Å². The second-order valence-electron chi connectivity index (χ2n) is 5.08. The van der Waals surface area contributed by atoms with Crippen LogP contribution in [0.25, 0.3) is 0 Å². The first-order chi connectivity index (χ1) is 9.56. The molecule has 1 aromatic rings. The first-order valence-electron chi connectivity index (χ1n) is 7.27. The molecule has 0 heterocycles. The Morgan fingerprint density at radius 1 is 1.10 bits per heavy atom. The lowest BCUT2D eigenvalue weighted by molar-refractivity contribution is 0.223. The second kappa shape index (κ2) is 8.46. The molecule has 1 rings (SSSR count). The number of hydrogen-bond donors (Lipinski definition) is 2. The van der Waals surface area contributed by atoms with Gasteiger partial charge in [0.15, 0.2) is 6.73 Å². The summed E-state index contributed by atoms with van der Waals surface area (Å²) in [6, 6.07) is 3.93. The van der Waals surface area contributed by atoms with E-state index in [1.54, 1.807) is 0 Å². The number of amides is 2. The van der Waals surface area contributed by atoms with Crippen molar-refractivity contribution < 1.29 is 9.53 Å². The van der Waals surface area contributed by atoms with Crippen molar-refractivity contribution in [2.75, 3.05) is 13.3 Å². The molecule has 0 saturated carbocycles. The number of urea groups is 1. The largest absolute Gasteiger partial charge is 0.473 e. The van der Waals surface area contributed by atoms with Gasteiger partial charge in [0.25, 0.3) is 0 Å². The van der Waals surface area contributed by atoms with Crippen LogP contribution in [0, 0.1) is 20.8 Å². The summed E-state index contributed by atoms with van der Waals surface area (Å²) >= 11 is 0. The minimum atomic E-state index is -0.177. The van der Waals surface area contributed by atoms with E-state index < -0.39 is 0 Å². The molecule has 2 amide bonds. The number of aryl methyl sites for hydroxylation is 2. The van der Waals surface area contributed by atoms with Gasteiger partial charge in [0.2, 0.25) is 0 Å². The van der Waals surface area contributed by atoms with Gasteiger partial charge in [-0.15, -0.1) is 0 Å². The van der Waals surface area contributed by atoms with Crippen LogP contribution in [-0.4, -0.2) is 19.3 Å². The van der Waals surface area contributed by atoms with Crippen LogP contribution in [0.5, 0.6) is 5.75 Å². The molecule has 20 heavy (non-hydrogen) atoms. The fraction of sp³-hybridized carbons (Fsp3) is 0.562. The van der Waals surface area contributed by atoms with Crippen molar-refractivity contribution in [2.24, 2.45) is 0 Å². The third-order valence-electron chi connectivity index (χ3n) is 3.39. The van der Waals surface area contributed by atoms with Gasteiger partial charge in [-0.2, -0.15) is 0 Å². The van der Waals surface area contributed by atoms with Crippen molar-refractivity contribution in [2.45, 2.75) is 47.0 Å². The molecule has 2 N–H and O–H groups in total. The van der Waals surface area contributed by atoms with Crippen LogP contribution in [0.4, 0.5) is 4.79 Å². The summed E-state index contributed by atoms with van der Waals surface area (Å²) in [7, 11) is 0. The maximum Gasteiger partial charge on any atom is 0.317 e. The summed E-state index contributed by atoms with van der Waals surface area (Å²) in [5.41, 5.74) is 3.39. The molecule has 0 bridgehead atoms. The van der Waals surface area contributed by atoms with E-state index in [0.29, 0.717) is 6.54 Å². The maximum atomic E-state index is 11.5. The Morgan fingerprint density at radius 3 is 2.50 bits per heavy atom. The zero-order chi connectivity index (χ0) is 15.0. The van der Waals surface area contributed by atoms with Crippen molar-refractivity contribution in [3.63, 3.8) is 0 Å². The molecule has 0 atom stereocenters. The number of rotatable bonds is 7. The smallest absolute Gasteiger partial charge is 0.317 e. The molecule has 0 spiro atoms. The number of hydrogen-bond acceptors (Lipinski definition) is 2. The fourth-order valence-corrected chi connectivity index (χ4v) is 1.96. The third kappa shape index (κ3) is 5.11. The fourth-order valence-electron chi connectivity index (χ4n) is 1.96. The van der Waals surface area contributed by atoms with Gasteiger partial charge in [-0.1, -0.05) is 31.9 Å². The van der Waals surface area contributed by atoms with Gasteiger partial charge >= 0.3 is 6.03 Å². The highest BCUT2D eigenvalue weighted by Gasteiger charge is 2.06. The highest BCUT2D eigenvalue weighted by atomic mass is 16.5. The Balaban J connectivity index is 2.34. The number of carbonyl (C=O) groups excluding carboxylic acids is 1. The monoisotopic (exact) mass is 278 g/mol. The van der Waals surface area contributed by atoms with Crippen molar-refractivity contribution in [3.8, 4) is 5.75 Å². The minimum Gasteiger partial charge on any atom is -0.473 e. The van der Waals surface area contributed by atoms with Gasteiger partial charge < -0.3 is 15.4 Å². The van der Waals surface area contributed by atoms with Crippen LogP contribution in [-0.2, 0) is 0 Å². The first kappa shape index (κ1) is 16.3. The van der Waals surface area contributed by atoms with Crippen molar-refractivity contribution in [1.29, 1.82) is 0 Å². The van der Waals surface area contributed by atoms with Crippen molar-refractivity contribution >= 4 is 6.03 Å². The molecule has 112 valence electrons. The molecule has 0 radical (unpaired) electrons. The molecular weight excluding hydrogens is 252 g/mol. The molecule has 0 aliphatic carbocycles. The third-order valence-corrected chi connectivity index (χ3v) is 3.39. The van der Waals surface area contributed by atoms with Crippen molar-refractivity contribution in [1.82, 2.24) is 10.6 Å². The van der Waals surface area contributed by atoms with Gasteiger partial charge in [-0.05, 0) is 43.9 Å². The average Bonchev–Trinajstić information content (AvgIpc) is 2.43. The van der Waals surface area contributed by atoms with E-state index in [4.69, 9.17) is 4.74 Å². The van der Waals surface area contributed by atoms with Gasteiger partial charge in [0.05, 0.1) is 0 Å². The molecule has 0 saturated heterocycles. The summed E-state index contributed by atoms with van der Waals surface area (Å²) in [5.74, 6) is 0.858. The van der Waals surface area contributed by atoms with Gasteiger partial charge in [-0.25, -0.2) is 4.79 Å². The standard InChI is InChI=1S/C16H26N2O2/c1-5-6-7-10-17-16(19)18-11-20-15-13(3)9-8-12(2)14(15)4/h8-9H,5-7,10-11H2,1-4H3,(H2,17,18,19). The summed E-state index contributed by atoms with van der Waals surface area (Å²) in [4.78, 5) is 11.5. The molecule has 0 unspecified atom stereocenters. The Labute approximate surface area is 121 Å². The lowest BCUT2D eigenvalue weighted by Crippen LogP contribution is -2.38. The number of benzene rings is 1. The molecule has 0 aliphatic heterocycles. The molecule has 1 aromatic carbocycles. The Kier molecular flexibility index (Phi) is 6.91. The normalized spacial score (nSPS) is 10.2. The molecule has 0 aliphatic rings. The second-order valence-corrected chi connectivity index (χ2v) is 5.08. The van der Waals surface area contributed by atoms with Crippen LogP contribution < -0.4 is 15.4 Å². The summed E-state index contributed by atoms with van der Waals surface area (Å²) < 4.78 is 5.67. The molecule has 0 aromatic heterocycles. The molecular formula is C16H26N2O2. The van der Waals surface area contributed by atoms with Crippen LogP contribution in [0.3, 0.4) is 0 Å². The van der Waals surface area contributed by atoms with E-state index in [0.717, 1.165) is 36.1 Å². The van der Waals surface area contributed by atoms with E-state index >= 15 is 0 Å². The minimum absolute atomic E-state index is 0.177. The molecule has 4 nitrogen and oxygen atoms in total. The topological polar surface area (TPSA) is 50.4 Å². The van der Waals surface area contributed by atoms with E-state index in [1.807, 2.05) is 19.9 Å². The highest BCUT2D eigenvalue weighted by Crippen LogP contribution is 2.25. The lowest BCUT2D eigenvalue weighted by atomic mass is 10.1. The Morgan fingerprint density at radius 2 is 1.80 bits per heavy atom. The van der Waals surface area contributed by atoms with Crippen LogP contribution in [0.1, 0.15) is 42.9 Å². The van der Waals surface area contributed by atoms with E-state index in [1.165, 1.54) is 5.56 Å². The zero-order valence-electron chi connectivity index (χ0n) is 13.0. The Bertz CT molecular complexity index is 444. The summed E-state index contributed by atoms with van der Waals surface area (Å²) in [6.07, 6.45) is 3.30. The maximum absolute atomic E-state index is 11.5. The predicted molar refractivity (Wildman–Crippen MR) is 82.2 cm³/mol. The summed E-state index contributed by atoms with van der Waals surface area (Å²) in [5, 5.41) is 5.52. The first-order valence-corrected chi connectivity index (χ1v) is 7.27. The predicted octanol–water partition coefficient (Wildman–Crippen LogP) is 3.44. The number of nitrogens with one attached hydrogen (secondary N) is 2. The zero-order valence-corrected chi connectivity index (χ0v) is 13.0. The quantitative estimate of drug-likeness (QED) is 0.593. The van der Waals surface area contributed by atoms with Crippen LogP contribution >= 0.6 is 0 Å². The SMILES string of the molecule is CCCCCNC(=O)NCOc1c(C)ccc(C)c1C. The van der Waals surface area contributed by atoms with E-state index in [2.05, 4.69) is 30.5 Å². The van der Waals surface area contributed by atoms with Crippen LogP contribution in [0.2, 0.25) is 0 Å². The number of carbonyl (C=O) groups is 1. The van der Waals surface area contributed by atoms with Crippen molar-refractivity contribution in [3.05, 3.63) is 28.8 Å². The van der Waals surface area contributed by atoms with Gasteiger partial charge in [0, 0.05) is 6.54 Å². The Hall–Kier alpha value is -1.71. The lowest BCUT2D eigenvalue weighted by Gasteiger charge is -2.14. The van der Waals surface area contributed by atoms with Crippen LogP contribution in [0.15, 0.2) is 12.1 Å². The highest BCUT2D eigenvalue weighted by molar-refractivity contribution is 5.73. The molecule has 4 heteroatoms. The summed E-state index contributed by atoms with van der Waals surface area (Å²) in [6.45, 7) is 9.12. The average molecular weight is 278 g/mol. The number of ether oxygens (including phenoxy) is 1. The molecule has 0 fully saturated rings. The van der Waals surface area contributed by atoms with E-state index in [-0.39, 0.29) is 12.8 Å². The van der Waals surface area contributed by atoms with E-state index in [9.17, 15) is 4.79 Å². The number of unbranched alkanes of at least 4 members (excludes halogenated alkanes) is 2.